The van der Waals surface area contributed by atoms with Crippen molar-refractivity contribution in [2.24, 2.45) is 0 Å². The third-order valence-electron chi connectivity index (χ3n) is 2.94. The predicted octanol–water partition coefficient (Wildman–Crippen LogP) is 2.94. The highest BCUT2D eigenvalue weighted by atomic mass is 19.1. The second-order valence-corrected chi connectivity index (χ2v) is 4.47. The maximum absolute atomic E-state index is 13.5. The van der Waals surface area contributed by atoms with E-state index in [9.17, 15) is 14.0 Å². The summed E-state index contributed by atoms with van der Waals surface area (Å²) >= 11 is 0. The molecule has 2 aromatic rings. The number of nitrogens with one attached hydrogen (secondary N) is 1. The van der Waals surface area contributed by atoms with Crippen LogP contribution in [0.4, 0.5) is 4.39 Å². The summed E-state index contributed by atoms with van der Waals surface area (Å²) in [6.45, 7) is 2.32. The summed E-state index contributed by atoms with van der Waals surface area (Å²) in [6.07, 6.45) is 0. The molecule has 0 aliphatic carbocycles. The molecule has 2 N–H and O–H groups in total. The van der Waals surface area contributed by atoms with Gasteiger partial charge in [0.25, 0.3) is 5.91 Å². The van der Waals surface area contributed by atoms with Gasteiger partial charge in [0.1, 0.15) is 5.82 Å². The van der Waals surface area contributed by atoms with Gasteiger partial charge in [-0.1, -0.05) is 12.1 Å². The Morgan fingerprint density at radius 1 is 1.10 bits per heavy atom. The highest BCUT2D eigenvalue weighted by Gasteiger charge is 2.10. The van der Waals surface area contributed by atoms with E-state index in [1.165, 1.54) is 12.1 Å². The van der Waals surface area contributed by atoms with Gasteiger partial charge in [0.15, 0.2) is 0 Å². The number of carboxylic acids is 1. The Morgan fingerprint density at radius 2 is 1.81 bits per heavy atom. The Labute approximate surface area is 121 Å². The molecule has 21 heavy (non-hydrogen) atoms. The van der Waals surface area contributed by atoms with E-state index in [2.05, 4.69) is 5.32 Å². The summed E-state index contributed by atoms with van der Waals surface area (Å²) in [4.78, 5) is 22.8. The van der Waals surface area contributed by atoms with Crippen LogP contribution in [0.15, 0.2) is 42.5 Å². The number of hydrogen-bond acceptors (Lipinski definition) is 2. The standard InChI is InChI=1S/C16H14FNO3/c1-2-18-15(19)11-5-3-4-10(6-11)12-7-13(16(20)21)9-14(17)8-12/h3-9H,2H2,1H3,(H,18,19)(H,20,21). The van der Waals surface area contributed by atoms with Crippen LogP contribution in [0.5, 0.6) is 0 Å². The maximum Gasteiger partial charge on any atom is 0.335 e. The summed E-state index contributed by atoms with van der Waals surface area (Å²) in [5.41, 5.74) is 1.31. The van der Waals surface area contributed by atoms with Crippen molar-refractivity contribution in [3.05, 3.63) is 59.4 Å². The number of carbonyl (C=O) groups is 2. The Balaban J connectivity index is 2.45. The van der Waals surface area contributed by atoms with Crippen molar-refractivity contribution >= 4 is 11.9 Å². The molecule has 0 bridgehead atoms. The molecule has 0 atom stereocenters. The molecular weight excluding hydrogens is 273 g/mol. The van der Waals surface area contributed by atoms with Gasteiger partial charge in [-0.25, -0.2) is 9.18 Å². The molecule has 108 valence electrons. The first-order valence-electron chi connectivity index (χ1n) is 6.43. The van der Waals surface area contributed by atoms with Gasteiger partial charge >= 0.3 is 5.97 Å². The lowest BCUT2D eigenvalue weighted by Crippen LogP contribution is -2.22. The average Bonchev–Trinajstić information content (AvgIpc) is 2.47. The number of amides is 1. The molecular formula is C16H14FNO3. The van der Waals surface area contributed by atoms with Crippen molar-refractivity contribution < 1.29 is 19.1 Å². The molecule has 1 amide bonds. The maximum atomic E-state index is 13.5. The van der Waals surface area contributed by atoms with E-state index in [1.807, 2.05) is 6.92 Å². The number of carboxylic acid groups (broad SMARTS) is 1. The van der Waals surface area contributed by atoms with Gasteiger partial charge in [-0.3, -0.25) is 4.79 Å². The minimum absolute atomic E-state index is 0.131. The molecule has 0 aliphatic rings. The van der Waals surface area contributed by atoms with Gasteiger partial charge in [0, 0.05) is 12.1 Å². The smallest absolute Gasteiger partial charge is 0.335 e. The van der Waals surface area contributed by atoms with Gasteiger partial charge in [-0.15, -0.1) is 0 Å². The van der Waals surface area contributed by atoms with Gasteiger partial charge in [0.2, 0.25) is 0 Å². The first-order chi connectivity index (χ1) is 10.0. The van der Waals surface area contributed by atoms with Gasteiger partial charge in [0.05, 0.1) is 5.56 Å². The normalized spacial score (nSPS) is 10.2. The molecule has 0 aromatic heterocycles. The van der Waals surface area contributed by atoms with Gasteiger partial charge in [-0.05, 0) is 48.4 Å². The second kappa shape index (κ2) is 6.17. The number of aromatic carboxylic acids is 1. The molecule has 2 rings (SSSR count). The Kier molecular flexibility index (Phi) is 4.33. The van der Waals surface area contributed by atoms with Crippen LogP contribution in [0.25, 0.3) is 11.1 Å². The molecule has 0 unspecified atom stereocenters. The van der Waals surface area contributed by atoms with E-state index in [-0.39, 0.29) is 11.5 Å². The van der Waals surface area contributed by atoms with Crippen LogP contribution in [0.3, 0.4) is 0 Å². The first-order valence-corrected chi connectivity index (χ1v) is 6.43. The molecule has 0 saturated carbocycles. The van der Waals surface area contributed by atoms with E-state index >= 15 is 0 Å². The van der Waals surface area contributed by atoms with Crippen LogP contribution >= 0.6 is 0 Å². The number of carbonyl (C=O) groups excluding carboxylic acids is 1. The molecule has 2 aromatic carbocycles. The van der Waals surface area contributed by atoms with Crippen molar-refractivity contribution in [3.8, 4) is 11.1 Å². The monoisotopic (exact) mass is 287 g/mol. The topological polar surface area (TPSA) is 66.4 Å². The van der Waals surface area contributed by atoms with Crippen LogP contribution in [0.1, 0.15) is 27.6 Å². The van der Waals surface area contributed by atoms with Crippen molar-refractivity contribution in [1.29, 1.82) is 0 Å². The molecule has 0 radical (unpaired) electrons. The average molecular weight is 287 g/mol. The van der Waals surface area contributed by atoms with E-state index < -0.39 is 11.8 Å². The molecule has 5 heteroatoms. The Hall–Kier alpha value is -2.69. The third kappa shape index (κ3) is 3.45. The van der Waals surface area contributed by atoms with Gasteiger partial charge in [-0.2, -0.15) is 0 Å². The summed E-state index contributed by atoms with van der Waals surface area (Å²) < 4.78 is 13.5. The SMILES string of the molecule is CCNC(=O)c1cccc(-c2cc(F)cc(C(=O)O)c2)c1. The largest absolute Gasteiger partial charge is 0.478 e. The van der Waals surface area contributed by atoms with Crippen molar-refractivity contribution in [2.45, 2.75) is 6.92 Å². The quantitative estimate of drug-likeness (QED) is 0.908. The molecule has 0 fully saturated rings. The Morgan fingerprint density at radius 3 is 2.48 bits per heavy atom. The summed E-state index contributed by atoms with van der Waals surface area (Å²) in [6, 6.07) is 10.2. The summed E-state index contributed by atoms with van der Waals surface area (Å²) in [5, 5.41) is 11.6. The lowest BCUT2D eigenvalue weighted by Gasteiger charge is -2.07. The van der Waals surface area contributed by atoms with Crippen LogP contribution in [-0.4, -0.2) is 23.5 Å². The zero-order valence-electron chi connectivity index (χ0n) is 11.4. The van der Waals surface area contributed by atoms with Crippen LogP contribution in [-0.2, 0) is 0 Å². The summed E-state index contributed by atoms with van der Waals surface area (Å²) in [7, 11) is 0. The minimum Gasteiger partial charge on any atom is -0.478 e. The highest BCUT2D eigenvalue weighted by Crippen LogP contribution is 2.23. The van der Waals surface area contributed by atoms with Gasteiger partial charge < -0.3 is 10.4 Å². The zero-order chi connectivity index (χ0) is 15.4. The first kappa shape index (κ1) is 14.7. The van der Waals surface area contributed by atoms with Crippen LogP contribution in [0.2, 0.25) is 0 Å². The van der Waals surface area contributed by atoms with E-state index in [0.29, 0.717) is 23.2 Å². The fourth-order valence-corrected chi connectivity index (χ4v) is 1.98. The van der Waals surface area contributed by atoms with Crippen LogP contribution in [0, 0.1) is 5.82 Å². The van der Waals surface area contributed by atoms with Crippen molar-refractivity contribution in [1.82, 2.24) is 5.32 Å². The number of benzene rings is 2. The lowest BCUT2D eigenvalue weighted by molar-refractivity contribution is 0.0696. The molecule has 0 aliphatic heterocycles. The third-order valence-corrected chi connectivity index (χ3v) is 2.94. The fourth-order valence-electron chi connectivity index (χ4n) is 1.98. The minimum atomic E-state index is -1.20. The number of rotatable bonds is 4. The molecule has 4 nitrogen and oxygen atoms in total. The molecule has 0 saturated heterocycles. The van der Waals surface area contributed by atoms with E-state index in [0.717, 1.165) is 6.07 Å². The summed E-state index contributed by atoms with van der Waals surface area (Å²) in [5.74, 6) is -2.06. The van der Waals surface area contributed by atoms with E-state index in [4.69, 9.17) is 5.11 Å². The van der Waals surface area contributed by atoms with E-state index in [1.54, 1.807) is 24.3 Å². The zero-order valence-corrected chi connectivity index (χ0v) is 11.4. The second-order valence-electron chi connectivity index (χ2n) is 4.47. The molecule has 0 heterocycles. The lowest BCUT2D eigenvalue weighted by atomic mass is 10.0. The molecule has 0 spiro atoms. The van der Waals surface area contributed by atoms with Crippen molar-refractivity contribution in [2.75, 3.05) is 6.54 Å². The fraction of sp³-hybridized carbons (Fsp3) is 0.125. The predicted molar refractivity (Wildman–Crippen MR) is 76.8 cm³/mol. The number of hydrogen-bond donors (Lipinski definition) is 2. The van der Waals surface area contributed by atoms with Crippen molar-refractivity contribution in [3.63, 3.8) is 0 Å². The highest BCUT2D eigenvalue weighted by molar-refractivity contribution is 5.95. The number of halogens is 1. The Bertz CT molecular complexity index is 698. The van der Waals surface area contributed by atoms with Crippen LogP contribution < -0.4 is 5.32 Å².